The quantitative estimate of drug-likeness (QED) is 0.650. The maximum atomic E-state index is 15.0. The third-order valence-electron chi connectivity index (χ3n) is 8.46. The summed E-state index contributed by atoms with van der Waals surface area (Å²) in [5.74, 6) is 0.931. The lowest BCUT2D eigenvalue weighted by Crippen LogP contribution is -2.53. The fourth-order valence-corrected chi connectivity index (χ4v) is 6.20. The van der Waals surface area contributed by atoms with Crippen molar-refractivity contribution in [3.8, 4) is 16.9 Å². The van der Waals surface area contributed by atoms with Gasteiger partial charge >= 0.3 is 6.09 Å². The van der Waals surface area contributed by atoms with Crippen LogP contribution in [0.4, 0.5) is 14.9 Å². The van der Waals surface area contributed by atoms with E-state index in [0.717, 1.165) is 49.2 Å². The van der Waals surface area contributed by atoms with E-state index >= 15 is 4.39 Å². The fraction of sp³-hybridized carbons (Fsp3) is 0.552. The summed E-state index contributed by atoms with van der Waals surface area (Å²) in [6.45, 7) is 10.3. The summed E-state index contributed by atoms with van der Waals surface area (Å²) in [6.07, 6.45) is 1.79. The van der Waals surface area contributed by atoms with Crippen LogP contribution in [0.1, 0.15) is 38.3 Å². The van der Waals surface area contributed by atoms with E-state index in [-0.39, 0.29) is 29.5 Å². The zero-order valence-electron chi connectivity index (χ0n) is 21.7. The topological polar surface area (TPSA) is 63.3 Å². The normalized spacial score (nSPS) is 28.2. The molecule has 37 heavy (non-hydrogen) atoms. The second-order valence-corrected chi connectivity index (χ2v) is 11.5. The first kappa shape index (κ1) is 24.5. The first-order chi connectivity index (χ1) is 17.9. The van der Waals surface area contributed by atoms with Crippen molar-refractivity contribution in [2.24, 2.45) is 11.3 Å². The van der Waals surface area contributed by atoms with Crippen LogP contribution in [0.15, 0.2) is 36.4 Å². The predicted molar refractivity (Wildman–Crippen MR) is 139 cm³/mol. The Kier molecular flexibility index (Phi) is 6.49. The molecule has 2 bridgehead atoms. The summed E-state index contributed by atoms with van der Waals surface area (Å²) >= 11 is 0. The molecule has 0 aliphatic carbocycles. The molecular weight excluding hydrogens is 473 g/mol. The molecule has 0 aromatic heterocycles. The third-order valence-corrected chi connectivity index (χ3v) is 8.46. The van der Waals surface area contributed by atoms with Gasteiger partial charge < -0.3 is 24.4 Å². The summed E-state index contributed by atoms with van der Waals surface area (Å²) in [7, 11) is 0. The number of halogens is 1. The number of alkyl carbamates (subject to hydrolysis) is 1. The standard InChI is InChI=1S/C29H36FN3O4/c1-29(2)18-36-25-16-21(20-4-6-24(23(30)15-20)33-11-13-35-14-12-33)3-5-22(25)27(29)31-28(34)37-26-17-32-9-7-19(26)8-10-32/h3-6,15-16,19,26-27H,7-14,17-18H2,1-2H3,(H,31,34)/t26-,27?/m0/s1. The van der Waals surface area contributed by atoms with Gasteiger partial charge in [-0.05, 0) is 61.2 Å². The molecule has 1 unspecified atom stereocenters. The number of carbonyl (C=O) groups is 1. The van der Waals surface area contributed by atoms with E-state index in [4.69, 9.17) is 14.2 Å². The number of piperidine rings is 3. The van der Waals surface area contributed by atoms with Crippen LogP contribution >= 0.6 is 0 Å². The average molecular weight is 510 g/mol. The summed E-state index contributed by atoms with van der Waals surface area (Å²) in [5.41, 5.74) is 2.87. The number of ether oxygens (including phenoxy) is 3. The van der Waals surface area contributed by atoms with Crippen LogP contribution in [0, 0.1) is 17.2 Å². The van der Waals surface area contributed by atoms with Gasteiger partial charge in [-0.3, -0.25) is 4.90 Å². The first-order valence-electron chi connectivity index (χ1n) is 13.5. The summed E-state index contributed by atoms with van der Waals surface area (Å²) in [5, 5.41) is 3.15. The minimum Gasteiger partial charge on any atom is -0.493 e. The molecular formula is C29H36FN3O4. The SMILES string of the molecule is CC1(C)COc2cc(-c3ccc(N4CCOCC4)c(F)c3)ccc2C1NC(=O)O[C@H]1CN2CCC1CC2. The van der Waals surface area contributed by atoms with Gasteiger partial charge in [0.1, 0.15) is 17.7 Å². The minimum absolute atomic E-state index is 0.0392. The van der Waals surface area contributed by atoms with Gasteiger partial charge in [-0.25, -0.2) is 9.18 Å². The molecule has 4 saturated heterocycles. The maximum absolute atomic E-state index is 15.0. The Morgan fingerprint density at radius 1 is 1.05 bits per heavy atom. The van der Waals surface area contributed by atoms with Crippen LogP contribution in [-0.4, -0.2) is 69.6 Å². The highest BCUT2D eigenvalue weighted by Gasteiger charge is 2.41. The smallest absolute Gasteiger partial charge is 0.407 e. The number of hydrogen-bond acceptors (Lipinski definition) is 6. The number of benzene rings is 2. The lowest BCUT2D eigenvalue weighted by Gasteiger charge is -2.44. The van der Waals surface area contributed by atoms with Crippen molar-refractivity contribution >= 4 is 11.8 Å². The van der Waals surface area contributed by atoms with E-state index < -0.39 is 0 Å². The summed E-state index contributed by atoms with van der Waals surface area (Å²) < 4.78 is 32.5. The zero-order chi connectivity index (χ0) is 25.6. The Morgan fingerprint density at radius 2 is 1.78 bits per heavy atom. The zero-order valence-corrected chi connectivity index (χ0v) is 21.7. The van der Waals surface area contributed by atoms with E-state index in [1.807, 2.05) is 35.2 Å². The Bertz CT molecular complexity index is 1160. The number of nitrogens with zero attached hydrogens (tertiary/aromatic N) is 2. The van der Waals surface area contributed by atoms with Gasteiger partial charge in [-0.15, -0.1) is 0 Å². The molecule has 2 aromatic rings. The lowest BCUT2D eigenvalue weighted by molar-refractivity contribution is -0.0361. The number of amides is 1. The van der Waals surface area contributed by atoms with Crippen molar-refractivity contribution in [3.05, 3.63) is 47.8 Å². The Labute approximate surface area is 217 Å². The fourth-order valence-electron chi connectivity index (χ4n) is 6.20. The number of fused-ring (bicyclic) bond motifs is 4. The second kappa shape index (κ2) is 9.80. The molecule has 5 heterocycles. The molecule has 5 aliphatic heterocycles. The van der Waals surface area contributed by atoms with E-state index in [9.17, 15) is 4.79 Å². The van der Waals surface area contributed by atoms with Crippen molar-refractivity contribution < 1.29 is 23.4 Å². The maximum Gasteiger partial charge on any atom is 0.407 e. The molecule has 7 rings (SSSR count). The lowest BCUT2D eigenvalue weighted by atomic mass is 9.78. The molecule has 8 heteroatoms. The number of hydrogen-bond donors (Lipinski definition) is 1. The predicted octanol–water partition coefficient (Wildman–Crippen LogP) is 4.61. The molecule has 7 nitrogen and oxygen atoms in total. The van der Waals surface area contributed by atoms with Crippen LogP contribution in [-0.2, 0) is 9.47 Å². The number of carbonyl (C=O) groups excluding carboxylic acids is 1. The molecule has 1 amide bonds. The van der Waals surface area contributed by atoms with Gasteiger partial charge in [0.15, 0.2) is 0 Å². The molecule has 2 atom stereocenters. The second-order valence-electron chi connectivity index (χ2n) is 11.5. The van der Waals surface area contributed by atoms with E-state index in [1.54, 1.807) is 6.07 Å². The third kappa shape index (κ3) is 4.89. The molecule has 5 aliphatic rings. The summed E-state index contributed by atoms with van der Waals surface area (Å²) in [4.78, 5) is 17.4. The van der Waals surface area contributed by atoms with Crippen LogP contribution in [0.25, 0.3) is 11.1 Å². The van der Waals surface area contributed by atoms with Crippen molar-refractivity contribution in [3.63, 3.8) is 0 Å². The van der Waals surface area contributed by atoms with E-state index in [1.165, 1.54) is 0 Å². The average Bonchev–Trinajstić information content (AvgIpc) is 2.91. The van der Waals surface area contributed by atoms with E-state index in [2.05, 4.69) is 24.1 Å². The number of rotatable bonds is 4. The number of anilines is 1. The monoisotopic (exact) mass is 509 g/mol. The molecule has 0 radical (unpaired) electrons. The summed E-state index contributed by atoms with van der Waals surface area (Å²) in [6, 6.07) is 11.0. The molecule has 198 valence electrons. The van der Waals surface area contributed by atoms with Crippen molar-refractivity contribution in [1.29, 1.82) is 0 Å². The van der Waals surface area contributed by atoms with Gasteiger partial charge in [0.05, 0.1) is 31.5 Å². The molecule has 0 saturated carbocycles. The van der Waals surface area contributed by atoms with Gasteiger partial charge in [0, 0.05) is 30.6 Å². The Hall–Kier alpha value is -2.84. The van der Waals surface area contributed by atoms with Crippen molar-refractivity contribution in [1.82, 2.24) is 10.2 Å². The molecule has 2 aromatic carbocycles. The number of morpholine rings is 1. The van der Waals surface area contributed by atoms with Crippen molar-refractivity contribution in [2.75, 3.05) is 57.4 Å². The first-order valence-corrected chi connectivity index (χ1v) is 13.5. The highest BCUT2D eigenvalue weighted by Crippen LogP contribution is 2.44. The van der Waals surface area contributed by atoms with Crippen molar-refractivity contribution in [2.45, 2.75) is 38.8 Å². The largest absolute Gasteiger partial charge is 0.493 e. The number of nitrogens with one attached hydrogen (secondary N) is 1. The molecule has 0 spiro atoms. The molecule has 1 N–H and O–H groups in total. The minimum atomic E-state index is -0.366. The van der Waals surface area contributed by atoms with Gasteiger partial charge in [-0.2, -0.15) is 0 Å². The van der Waals surface area contributed by atoms with Crippen LogP contribution < -0.4 is 15.0 Å². The highest BCUT2D eigenvalue weighted by atomic mass is 19.1. The van der Waals surface area contributed by atoms with Gasteiger partial charge in [0.2, 0.25) is 0 Å². The highest BCUT2D eigenvalue weighted by molar-refractivity contribution is 5.71. The van der Waals surface area contributed by atoms with Crippen LogP contribution in [0.5, 0.6) is 5.75 Å². The Balaban J connectivity index is 1.19. The Morgan fingerprint density at radius 3 is 2.49 bits per heavy atom. The van der Waals surface area contributed by atoms with Crippen LogP contribution in [0.3, 0.4) is 0 Å². The van der Waals surface area contributed by atoms with E-state index in [0.29, 0.717) is 50.3 Å². The molecule has 4 fully saturated rings. The van der Waals surface area contributed by atoms with Gasteiger partial charge in [-0.1, -0.05) is 32.0 Å². The van der Waals surface area contributed by atoms with Gasteiger partial charge in [0.25, 0.3) is 0 Å². The van der Waals surface area contributed by atoms with Crippen LogP contribution in [0.2, 0.25) is 0 Å².